The van der Waals surface area contributed by atoms with E-state index in [-0.39, 0.29) is 36.1 Å². The van der Waals surface area contributed by atoms with E-state index in [0.717, 1.165) is 16.2 Å². The zero-order valence-electron chi connectivity index (χ0n) is 15.9. The summed E-state index contributed by atoms with van der Waals surface area (Å²) in [7, 11) is 0. The van der Waals surface area contributed by atoms with Gasteiger partial charge in [0.2, 0.25) is 0 Å². The van der Waals surface area contributed by atoms with E-state index >= 15 is 0 Å². The number of fused-ring (bicyclic) bond motifs is 3. The van der Waals surface area contributed by atoms with Crippen LogP contribution in [-0.4, -0.2) is 51.0 Å². The molecule has 0 radical (unpaired) electrons. The Kier molecular flexibility index (Phi) is 4.71. The van der Waals surface area contributed by atoms with Gasteiger partial charge >= 0.3 is 6.09 Å². The number of aromatic hydroxyl groups is 1. The van der Waals surface area contributed by atoms with Crippen LogP contribution < -0.4 is 4.90 Å². The van der Waals surface area contributed by atoms with Crippen molar-refractivity contribution in [3.8, 4) is 5.75 Å². The maximum atomic E-state index is 13.4. The number of phenols is 1. The van der Waals surface area contributed by atoms with Crippen molar-refractivity contribution < 1.29 is 24.5 Å². The number of amides is 2. The van der Waals surface area contributed by atoms with Crippen LogP contribution in [0.5, 0.6) is 5.75 Å². The molecule has 3 heterocycles. The first-order chi connectivity index (χ1) is 13.9. The molecule has 2 atom stereocenters. The average Bonchev–Trinajstić information content (AvgIpc) is 2.80. The van der Waals surface area contributed by atoms with Gasteiger partial charge in [-0.3, -0.25) is 9.78 Å². The number of ether oxygens (including phenoxy) is 1. The van der Waals surface area contributed by atoms with E-state index in [1.165, 1.54) is 23.1 Å². The van der Waals surface area contributed by atoms with Crippen molar-refractivity contribution in [1.82, 2.24) is 9.88 Å². The van der Waals surface area contributed by atoms with E-state index in [2.05, 4.69) is 11.6 Å². The highest BCUT2D eigenvalue weighted by Crippen LogP contribution is 2.38. The molecule has 0 saturated heterocycles. The van der Waals surface area contributed by atoms with E-state index in [1.807, 2.05) is 6.07 Å². The van der Waals surface area contributed by atoms with Gasteiger partial charge in [0.15, 0.2) is 6.23 Å². The molecule has 1 unspecified atom stereocenters. The van der Waals surface area contributed by atoms with Crippen LogP contribution in [0.15, 0.2) is 43.1 Å². The summed E-state index contributed by atoms with van der Waals surface area (Å²) in [6.45, 7) is 5.34. The first-order valence-corrected chi connectivity index (χ1v) is 9.24. The van der Waals surface area contributed by atoms with E-state index in [4.69, 9.17) is 4.74 Å². The van der Waals surface area contributed by atoms with Gasteiger partial charge in [-0.1, -0.05) is 18.7 Å². The lowest BCUT2D eigenvalue weighted by molar-refractivity contribution is 0.0293. The van der Waals surface area contributed by atoms with Gasteiger partial charge in [0.05, 0.1) is 29.5 Å². The van der Waals surface area contributed by atoms with E-state index < -0.39 is 18.4 Å². The van der Waals surface area contributed by atoms with Crippen LogP contribution in [0.3, 0.4) is 0 Å². The van der Waals surface area contributed by atoms with Crippen molar-refractivity contribution in [2.24, 2.45) is 0 Å². The van der Waals surface area contributed by atoms with E-state index in [9.17, 15) is 19.8 Å². The predicted octanol–water partition coefficient (Wildman–Crippen LogP) is 2.12. The highest BCUT2D eigenvalue weighted by Gasteiger charge is 2.45. The number of aliphatic hydroxyl groups is 1. The zero-order valence-corrected chi connectivity index (χ0v) is 15.9. The normalized spacial score (nSPS) is 20.3. The molecule has 4 rings (SSSR count). The molecule has 2 amide bonds. The molecule has 2 aliphatic rings. The Labute approximate surface area is 167 Å². The van der Waals surface area contributed by atoms with Crippen LogP contribution in [0.4, 0.5) is 10.5 Å². The summed E-state index contributed by atoms with van der Waals surface area (Å²) in [5, 5.41) is 21.4. The number of carbonyl (C=O) groups is 2. The summed E-state index contributed by atoms with van der Waals surface area (Å²) in [6, 6.07) is 5.83. The van der Waals surface area contributed by atoms with Crippen LogP contribution >= 0.6 is 0 Å². The Morgan fingerprint density at radius 3 is 3.00 bits per heavy atom. The van der Waals surface area contributed by atoms with Crippen LogP contribution in [0.25, 0.3) is 0 Å². The maximum Gasteiger partial charge on any atom is 0.416 e. The second kappa shape index (κ2) is 7.21. The monoisotopic (exact) mass is 395 g/mol. The summed E-state index contributed by atoms with van der Waals surface area (Å²) in [6.07, 6.45) is 1.21. The van der Waals surface area contributed by atoms with Gasteiger partial charge in [0, 0.05) is 12.3 Å². The molecular formula is C21H21N3O5. The van der Waals surface area contributed by atoms with Crippen LogP contribution in [0, 0.1) is 6.92 Å². The van der Waals surface area contributed by atoms with Crippen LogP contribution in [0.2, 0.25) is 0 Å². The maximum absolute atomic E-state index is 13.4. The Hall–Kier alpha value is -3.39. The number of benzene rings is 1. The molecule has 2 aromatic rings. The number of carbonyl (C=O) groups excluding carboxylic acids is 2. The van der Waals surface area contributed by atoms with Gasteiger partial charge in [-0.25, -0.2) is 9.69 Å². The Morgan fingerprint density at radius 1 is 1.45 bits per heavy atom. The van der Waals surface area contributed by atoms with Gasteiger partial charge in [-0.05, 0) is 36.6 Å². The summed E-state index contributed by atoms with van der Waals surface area (Å²) >= 11 is 0. The number of phenolic OH excluding ortho intramolecular Hbond substituents is 1. The third-order valence-electron chi connectivity index (χ3n) is 5.33. The summed E-state index contributed by atoms with van der Waals surface area (Å²) in [5.41, 5.74) is 2.46. The lowest BCUT2D eigenvalue weighted by atomic mass is 9.96. The minimum absolute atomic E-state index is 0.0513. The summed E-state index contributed by atoms with van der Waals surface area (Å²) < 4.78 is 5.15. The van der Waals surface area contributed by atoms with Crippen molar-refractivity contribution >= 4 is 17.7 Å². The first kappa shape index (κ1) is 18.9. The number of nitrogens with zero attached hydrogens (tertiary/aromatic N) is 3. The molecular weight excluding hydrogens is 374 g/mol. The topological polar surface area (TPSA) is 103 Å². The largest absolute Gasteiger partial charge is 0.508 e. The number of hydrogen-bond acceptors (Lipinski definition) is 6. The molecule has 8 nitrogen and oxygen atoms in total. The van der Waals surface area contributed by atoms with Gasteiger partial charge in [-0.15, -0.1) is 0 Å². The summed E-state index contributed by atoms with van der Waals surface area (Å²) in [4.78, 5) is 33.1. The molecule has 8 heteroatoms. The highest BCUT2D eigenvalue weighted by molar-refractivity contribution is 6.05. The van der Waals surface area contributed by atoms with Crippen molar-refractivity contribution in [2.45, 2.75) is 32.2 Å². The standard InChI is InChI=1S/C21H21N3O5/c1-3-7-29-21(28)24-16-10-18(25)12(2)8-14(16)19(26)23-11-15-13(5-4-6-22-15)9-17(23)20(24)27/h3-6,8,10,17,20,25,27H,1,7,9,11H2,2H3/t17-,20?/m1/s1. The van der Waals surface area contributed by atoms with Gasteiger partial charge < -0.3 is 19.8 Å². The number of aromatic nitrogens is 1. The third kappa shape index (κ3) is 3.11. The predicted molar refractivity (Wildman–Crippen MR) is 104 cm³/mol. The molecule has 1 aromatic carbocycles. The quantitative estimate of drug-likeness (QED) is 0.755. The van der Waals surface area contributed by atoms with Gasteiger partial charge in [0.25, 0.3) is 5.91 Å². The molecule has 150 valence electrons. The number of aryl methyl sites for hydroxylation is 1. The van der Waals surface area contributed by atoms with Gasteiger partial charge in [-0.2, -0.15) is 0 Å². The third-order valence-corrected chi connectivity index (χ3v) is 5.33. The fraction of sp³-hybridized carbons (Fsp3) is 0.286. The Balaban J connectivity index is 1.86. The molecule has 0 saturated carbocycles. The average molecular weight is 395 g/mol. The smallest absolute Gasteiger partial charge is 0.416 e. The molecule has 2 N–H and O–H groups in total. The minimum atomic E-state index is -1.37. The second-order valence-corrected chi connectivity index (χ2v) is 7.12. The van der Waals surface area contributed by atoms with Gasteiger partial charge in [0.1, 0.15) is 12.4 Å². The molecule has 2 aliphatic heterocycles. The number of aliphatic hydroxyl groups excluding tert-OH is 1. The second-order valence-electron chi connectivity index (χ2n) is 7.12. The van der Waals surface area contributed by atoms with Crippen molar-refractivity contribution in [3.05, 3.63) is 65.5 Å². The van der Waals surface area contributed by atoms with Crippen LogP contribution in [0.1, 0.15) is 27.2 Å². The first-order valence-electron chi connectivity index (χ1n) is 9.24. The zero-order chi connectivity index (χ0) is 20.7. The van der Waals surface area contributed by atoms with Crippen molar-refractivity contribution in [3.63, 3.8) is 0 Å². The highest BCUT2D eigenvalue weighted by atomic mass is 16.6. The lowest BCUT2D eigenvalue weighted by Gasteiger charge is -2.39. The lowest BCUT2D eigenvalue weighted by Crippen LogP contribution is -2.55. The number of hydrogen-bond donors (Lipinski definition) is 2. The molecule has 29 heavy (non-hydrogen) atoms. The Bertz CT molecular complexity index is 1010. The molecule has 0 bridgehead atoms. The minimum Gasteiger partial charge on any atom is -0.508 e. The molecule has 0 aliphatic carbocycles. The van der Waals surface area contributed by atoms with E-state index in [1.54, 1.807) is 19.2 Å². The van der Waals surface area contributed by atoms with Crippen molar-refractivity contribution in [2.75, 3.05) is 11.5 Å². The molecule has 1 aromatic heterocycles. The van der Waals surface area contributed by atoms with E-state index in [0.29, 0.717) is 12.0 Å². The fourth-order valence-corrected chi connectivity index (χ4v) is 3.83. The fourth-order valence-electron chi connectivity index (χ4n) is 3.83. The number of rotatable bonds is 2. The molecule has 0 fully saturated rings. The van der Waals surface area contributed by atoms with Crippen molar-refractivity contribution in [1.29, 1.82) is 0 Å². The SMILES string of the molecule is C=CCOC(=O)N1c2cc(O)c(C)cc2C(=O)N2Cc3ncccc3C[C@@H]2C1O. The Morgan fingerprint density at radius 2 is 2.24 bits per heavy atom. The summed E-state index contributed by atoms with van der Waals surface area (Å²) in [5.74, 6) is -0.433. The molecule has 0 spiro atoms. The number of anilines is 1. The number of pyridine rings is 1. The van der Waals surface area contributed by atoms with Crippen LogP contribution in [-0.2, 0) is 17.7 Å².